The quantitative estimate of drug-likeness (QED) is 0.749. The first-order chi connectivity index (χ1) is 11.9. The Morgan fingerprint density at radius 1 is 1.32 bits per heavy atom. The zero-order chi connectivity index (χ0) is 18.4. The number of amides is 1. The number of carbonyl (C=O) groups is 1. The lowest BCUT2D eigenvalue weighted by atomic mass is 9.85. The van der Waals surface area contributed by atoms with Crippen molar-refractivity contribution in [1.82, 2.24) is 9.62 Å². The Hall–Kier alpha value is -1.44. The van der Waals surface area contributed by atoms with E-state index in [1.54, 1.807) is 17.0 Å². The Labute approximate surface area is 150 Å². The number of carbonyl (C=O) groups excluding carboxylic acids is 1. The van der Waals surface area contributed by atoms with Crippen LogP contribution in [0.15, 0.2) is 29.2 Å². The van der Waals surface area contributed by atoms with E-state index in [2.05, 4.69) is 11.6 Å². The maximum atomic E-state index is 12.8. The van der Waals surface area contributed by atoms with E-state index in [-0.39, 0.29) is 23.4 Å². The molecule has 140 valence electrons. The predicted molar refractivity (Wildman–Crippen MR) is 97.0 cm³/mol. The monoisotopic (exact) mass is 368 g/mol. The molecular formula is C18H28N2O4S. The molecule has 2 unspecified atom stereocenters. The molecule has 2 atom stereocenters. The van der Waals surface area contributed by atoms with E-state index >= 15 is 0 Å². The van der Waals surface area contributed by atoms with Gasteiger partial charge in [0.1, 0.15) is 0 Å². The highest BCUT2D eigenvalue weighted by molar-refractivity contribution is 7.89. The van der Waals surface area contributed by atoms with Gasteiger partial charge in [-0.3, -0.25) is 4.79 Å². The van der Waals surface area contributed by atoms with Gasteiger partial charge in [-0.1, -0.05) is 25.8 Å². The van der Waals surface area contributed by atoms with E-state index in [0.29, 0.717) is 18.1 Å². The first kappa shape index (κ1) is 19.9. The van der Waals surface area contributed by atoms with Crippen LogP contribution in [-0.2, 0) is 14.8 Å². The molecule has 2 rings (SSSR count). The second-order valence-electron chi connectivity index (χ2n) is 6.66. The SMILES string of the molecule is COCCNS(=O)(=O)c1cccc(C(=O)N(C)C2CCCCC2C)c1. The lowest BCUT2D eigenvalue weighted by molar-refractivity contribution is 0.0628. The lowest BCUT2D eigenvalue weighted by Crippen LogP contribution is -2.42. The van der Waals surface area contributed by atoms with E-state index in [0.717, 1.165) is 19.3 Å². The van der Waals surface area contributed by atoms with Crippen LogP contribution in [0.25, 0.3) is 0 Å². The van der Waals surface area contributed by atoms with E-state index in [9.17, 15) is 13.2 Å². The Morgan fingerprint density at radius 3 is 2.72 bits per heavy atom. The molecule has 0 spiro atoms. The number of sulfonamides is 1. The summed E-state index contributed by atoms with van der Waals surface area (Å²) in [5.41, 5.74) is 0.398. The van der Waals surface area contributed by atoms with Gasteiger partial charge in [0.05, 0.1) is 11.5 Å². The smallest absolute Gasteiger partial charge is 0.253 e. The molecule has 1 fully saturated rings. The van der Waals surface area contributed by atoms with Gasteiger partial charge in [0, 0.05) is 32.3 Å². The number of hydrogen-bond acceptors (Lipinski definition) is 4. The van der Waals surface area contributed by atoms with Crippen LogP contribution >= 0.6 is 0 Å². The number of rotatable bonds is 7. The molecular weight excluding hydrogens is 340 g/mol. The zero-order valence-corrected chi connectivity index (χ0v) is 16.0. The number of benzene rings is 1. The fourth-order valence-electron chi connectivity index (χ4n) is 3.38. The topological polar surface area (TPSA) is 75.7 Å². The molecule has 1 amide bonds. The molecule has 7 heteroatoms. The first-order valence-electron chi connectivity index (χ1n) is 8.72. The maximum Gasteiger partial charge on any atom is 0.253 e. The lowest BCUT2D eigenvalue weighted by Gasteiger charge is -2.36. The summed E-state index contributed by atoms with van der Waals surface area (Å²) in [6, 6.07) is 6.43. The molecule has 1 saturated carbocycles. The highest BCUT2D eigenvalue weighted by Crippen LogP contribution is 2.28. The number of methoxy groups -OCH3 is 1. The van der Waals surface area contributed by atoms with Crippen molar-refractivity contribution in [2.24, 2.45) is 5.92 Å². The summed E-state index contributed by atoms with van der Waals surface area (Å²) in [5.74, 6) is 0.331. The van der Waals surface area contributed by atoms with E-state index in [4.69, 9.17) is 4.74 Å². The highest BCUT2D eigenvalue weighted by atomic mass is 32.2. The van der Waals surface area contributed by atoms with Crippen molar-refractivity contribution >= 4 is 15.9 Å². The molecule has 0 saturated heterocycles. The number of nitrogens with zero attached hydrogens (tertiary/aromatic N) is 1. The minimum atomic E-state index is -3.65. The number of ether oxygens (including phenoxy) is 1. The third kappa shape index (κ3) is 5.03. The van der Waals surface area contributed by atoms with Gasteiger partial charge in [-0.2, -0.15) is 0 Å². The van der Waals surface area contributed by atoms with E-state index in [1.807, 2.05) is 7.05 Å². The molecule has 1 aliphatic carbocycles. The molecule has 1 N–H and O–H groups in total. The standard InChI is InChI=1S/C18H28N2O4S/c1-14-7-4-5-10-17(14)20(2)18(21)15-8-6-9-16(13-15)25(22,23)19-11-12-24-3/h6,8-9,13-14,17,19H,4-5,7,10-12H2,1-3H3. The largest absolute Gasteiger partial charge is 0.383 e. The molecule has 0 radical (unpaired) electrons. The number of nitrogens with one attached hydrogen (secondary N) is 1. The highest BCUT2D eigenvalue weighted by Gasteiger charge is 2.28. The van der Waals surface area contributed by atoms with Gasteiger partial charge < -0.3 is 9.64 Å². The summed E-state index contributed by atoms with van der Waals surface area (Å²) in [7, 11) is -0.329. The molecule has 1 aromatic rings. The van der Waals surface area contributed by atoms with Gasteiger partial charge in [-0.25, -0.2) is 13.1 Å². The van der Waals surface area contributed by atoms with E-state index in [1.165, 1.54) is 25.7 Å². The summed E-state index contributed by atoms with van der Waals surface area (Å²) in [4.78, 5) is 14.7. The fourth-order valence-corrected chi connectivity index (χ4v) is 4.44. The van der Waals surface area contributed by atoms with Crippen molar-refractivity contribution in [2.75, 3.05) is 27.3 Å². The number of hydrogen-bond donors (Lipinski definition) is 1. The Balaban J connectivity index is 2.15. The summed E-state index contributed by atoms with van der Waals surface area (Å²) in [5, 5.41) is 0. The molecule has 0 bridgehead atoms. The van der Waals surface area contributed by atoms with Gasteiger partial charge in [-0.05, 0) is 37.0 Å². The van der Waals surface area contributed by atoms with Crippen LogP contribution in [0.2, 0.25) is 0 Å². The van der Waals surface area contributed by atoms with Crippen molar-refractivity contribution in [3.8, 4) is 0 Å². The van der Waals surface area contributed by atoms with Crippen LogP contribution in [0.3, 0.4) is 0 Å². The average molecular weight is 368 g/mol. The van der Waals surface area contributed by atoms with Crippen molar-refractivity contribution < 1.29 is 17.9 Å². The Bertz CT molecular complexity index is 690. The minimum absolute atomic E-state index is 0.0968. The third-order valence-electron chi connectivity index (χ3n) is 4.87. The van der Waals surface area contributed by atoms with Crippen LogP contribution in [0, 0.1) is 5.92 Å². The van der Waals surface area contributed by atoms with Crippen molar-refractivity contribution in [1.29, 1.82) is 0 Å². The molecule has 0 aliphatic heterocycles. The van der Waals surface area contributed by atoms with Crippen molar-refractivity contribution in [2.45, 2.75) is 43.5 Å². The van der Waals surface area contributed by atoms with Gasteiger partial charge in [0.15, 0.2) is 0 Å². The maximum absolute atomic E-state index is 12.8. The Morgan fingerprint density at radius 2 is 2.04 bits per heavy atom. The van der Waals surface area contributed by atoms with Crippen LogP contribution in [-0.4, -0.2) is 52.6 Å². The molecule has 25 heavy (non-hydrogen) atoms. The molecule has 0 aromatic heterocycles. The molecule has 0 heterocycles. The van der Waals surface area contributed by atoms with Crippen LogP contribution < -0.4 is 4.72 Å². The molecule has 1 aliphatic rings. The summed E-state index contributed by atoms with van der Waals surface area (Å²) >= 11 is 0. The van der Waals surface area contributed by atoms with Crippen molar-refractivity contribution in [3.63, 3.8) is 0 Å². The summed E-state index contributed by atoms with van der Waals surface area (Å²) in [6.07, 6.45) is 4.46. The molecule has 6 nitrogen and oxygen atoms in total. The third-order valence-corrected chi connectivity index (χ3v) is 6.33. The first-order valence-corrected chi connectivity index (χ1v) is 10.2. The predicted octanol–water partition coefficient (Wildman–Crippen LogP) is 2.26. The summed E-state index contributed by atoms with van der Waals surface area (Å²) < 4.78 is 31.9. The second-order valence-corrected chi connectivity index (χ2v) is 8.43. The van der Waals surface area contributed by atoms with Gasteiger partial charge >= 0.3 is 0 Å². The second kappa shape index (κ2) is 8.78. The molecule has 1 aromatic carbocycles. The normalized spacial score (nSPS) is 21.1. The van der Waals surface area contributed by atoms with Crippen LogP contribution in [0.1, 0.15) is 43.0 Å². The average Bonchev–Trinajstić information content (AvgIpc) is 2.61. The van der Waals surface area contributed by atoms with Gasteiger partial charge in [0.2, 0.25) is 10.0 Å². The Kier molecular flexibility index (Phi) is 6.98. The van der Waals surface area contributed by atoms with Gasteiger partial charge in [-0.15, -0.1) is 0 Å². The van der Waals surface area contributed by atoms with Crippen LogP contribution in [0.5, 0.6) is 0 Å². The van der Waals surface area contributed by atoms with Crippen molar-refractivity contribution in [3.05, 3.63) is 29.8 Å². The van der Waals surface area contributed by atoms with Gasteiger partial charge in [0.25, 0.3) is 5.91 Å². The zero-order valence-electron chi connectivity index (χ0n) is 15.2. The van der Waals surface area contributed by atoms with Crippen LogP contribution in [0.4, 0.5) is 0 Å². The minimum Gasteiger partial charge on any atom is -0.383 e. The fraction of sp³-hybridized carbons (Fsp3) is 0.611. The summed E-state index contributed by atoms with van der Waals surface area (Å²) in [6.45, 7) is 2.66. The van der Waals surface area contributed by atoms with E-state index < -0.39 is 10.0 Å².